The number of hydrogen-bond donors (Lipinski definition) is 2. The monoisotopic (exact) mass is 337 g/mol. The van der Waals surface area contributed by atoms with Gasteiger partial charge in [0.1, 0.15) is 12.1 Å². The lowest BCUT2D eigenvalue weighted by atomic mass is 9.99. The number of amides is 1. The molecule has 23 heavy (non-hydrogen) atoms. The Kier molecular flexibility index (Phi) is 8.77. The average Bonchev–Trinajstić information content (AvgIpc) is 2.51. The van der Waals surface area contributed by atoms with Crippen LogP contribution in [0.15, 0.2) is 30.3 Å². The molecule has 1 amide bonds. The molecule has 0 aliphatic rings. The van der Waals surface area contributed by atoms with Crippen molar-refractivity contribution in [3.05, 3.63) is 35.9 Å². The number of thiol groups is 1. The van der Waals surface area contributed by atoms with E-state index >= 15 is 0 Å². The summed E-state index contributed by atoms with van der Waals surface area (Å²) in [6.45, 7) is 6.06. The molecule has 0 saturated heterocycles. The van der Waals surface area contributed by atoms with Gasteiger partial charge in [-0.3, -0.25) is 4.79 Å². The number of hydrogen-bond acceptors (Lipinski definition) is 3. The second-order valence-electron chi connectivity index (χ2n) is 6.05. The zero-order valence-corrected chi connectivity index (χ0v) is 15.0. The van der Waals surface area contributed by atoms with Gasteiger partial charge in [0.25, 0.3) is 0 Å². The molecule has 0 aliphatic carbocycles. The van der Waals surface area contributed by atoms with Gasteiger partial charge in [-0.05, 0) is 17.9 Å². The Bertz CT molecular complexity index is 490. The topological polar surface area (TPSA) is 55.4 Å². The van der Waals surface area contributed by atoms with Crippen LogP contribution in [-0.2, 0) is 16.0 Å². The molecule has 0 aliphatic heterocycles. The molecule has 128 valence electrons. The van der Waals surface area contributed by atoms with Crippen molar-refractivity contribution in [2.75, 3.05) is 0 Å². The van der Waals surface area contributed by atoms with Gasteiger partial charge in [0.15, 0.2) is 0 Å². The zero-order chi connectivity index (χ0) is 17.2. The molecule has 0 saturated carbocycles. The molecule has 0 fully saturated rings. The van der Waals surface area contributed by atoms with Gasteiger partial charge >= 0.3 is 6.09 Å². The third-order valence-corrected chi connectivity index (χ3v) is 4.03. The van der Waals surface area contributed by atoms with E-state index in [0.29, 0.717) is 12.8 Å². The molecular weight excluding hydrogens is 310 g/mol. The van der Waals surface area contributed by atoms with Gasteiger partial charge in [0, 0.05) is 6.42 Å². The summed E-state index contributed by atoms with van der Waals surface area (Å²) in [5.41, 5.74) is 1.12. The lowest BCUT2D eigenvalue weighted by Crippen LogP contribution is -2.41. The first kappa shape index (κ1) is 19.6. The smallest absolute Gasteiger partial charge is 0.408 e. The van der Waals surface area contributed by atoms with E-state index in [1.54, 1.807) is 0 Å². The molecule has 5 heteroatoms. The van der Waals surface area contributed by atoms with E-state index in [2.05, 4.69) is 17.9 Å². The number of unbranched alkanes of at least 4 members (excludes halogenated alkanes) is 1. The highest BCUT2D eigenvalue weighted by Gasteiger charge is 2.23. The van der Waals surface area contributed by atoms with Gasteiger partial charge in [-0.2, -0.15) is 0 Å². The van der Waals surface area contributed by atoms with E-state index in [9.17, 15) is 9.59 Å². The van der Waals surface area contributed by atoms with Gasteiger partial charge in [0.05, 0.1) is 0 Å². The lowest BCUT2D eigenvalue weighted by molar-refractivity contribution is -0.112. The Morgan fingerprint density at radius 1 is 1.22 bits per heavy atom. The van der Waals surface area contributed by atoms with Gasteiger partial charge in [-0.25, -0.2) is 4.79 Å². The summed E-state index contributed by atoms with van der Waals surface area (Å²) in [5, 5.41) is 2.30. The lowest BCUT2D eigenvalue weighted by Gasteiger charge is -2.23. The molecule has 0 aromatic heterocycles. The van der Waals surface area contributed by atoms with E-state index in [1.165, 1.54) is 0 Å². The van der Waals surface area contributed by atoms with Crippen LogP contribution in [0.4, 0.5) is 4.79 Å². The normalized spacial score (nSPS) is 13.4. The van der Waals surface area contributed by atoms with Crippen LogP contribution < -0.4 is 5.32 Å². The molecular formula is C18H27NO3S. The Morgan fingerprint density at radius 3 is 2.39 bits per heavy atom. The van der Waals surface area contributed by atoms with Crippen molar-refractivity contribution in [1.29, 1.82) is 0 Å². The standard InChI is InChI=1S/C18H27NO3S/c1-4-5-11-15(17(20)23)19-18(21)22-16(13(2)3)12-14-9-7-6-8-10-14/h6-10,13,15-16H,4-5,11-12H2,1-3H3,(H,19,21)(H,20,23)/t15-,16+/m0/s1. The Hall–Kier alpha value is -1.49. The summed E-state index contributed by atoms with van der Waals surface area (Å²) in [7, 11) is 0. The van der Waals surface area contributed by atoms with Gasteiger partial charge in [-0.1, -0.05) is 63.9 Å². The van der Waals surface area contributed by atoms with Crippen molar-refractivity contribution < 1.29 is 14.3 Å². The second kappa shape index (κ2) is 10.3. The average molecular weight is 337 g/mol. The van der Waals surface area contributed by atoms with Crippen molar-refractivity contribution >= 4 is 23.8 Å². The number of carbonyl (C=O) groups excluding carboxylic acids is 2. The van der Waals surface area contributed by atoms with Crippen LogP contribution in [0.25, 0.3) is 0 Å². The Balaban J connectivity index is 2.61. The fourth-order valence-corrected chi connectivity index (χ4v) is 2.43. The van der Waals surface area contributed by atoms with Gasteiger partial charge in [-0.15, -0.1) is 12.6 Å². The van der Waals surface area contributed by atoms with Gasteiger partial charge < -0.3 is 10.1 Å². The minimum Gasteiger partial charge on any atom is -0.446 e. The molecule has 0 unspecified atom stereocenters. The molecule has 0 radical (unpaired) electrons. The fraction of sp³-hybridized carbons (Fsp3) is 0.556. The molecule has 0 bridgehead atoms. The van der Waals surface area contributed by atoms with Crippen molar-refractivity contribution in [1.82, 2.24) is 5.32 Å². The summed E-state index contributed by atoms with van der Waals surface area (Å²) in [5.74, 6) is 0.182. The Morgan fingerprint density at radius 2 is 1.87 bits per heavy atom. The predicted molar refractivity (Wildman–Crippen MR) is 95.7 cm³/mol. The Labute approximate surface area is 144 Å². The van der Waals surface area contributed by atoms with E-state index in [4.69, 9.17) is 4.74 Å². The van der Waals surface area contributed by atoms with E-state index < -0.39 is 12.1 Å². The van der Waals surface area contributed by atoms with E-state index in [1.807, 2.05) is 51.1 Å². The number of alkyl carbamates (subject to hydrolysis) is 1. The summed E-state index contributed by atoms with van der Waals surface area (Å²) >= 11 is 3.84. The summed E-state index contributed by atoms with van der Waals surface area (Å²) in [6, 6.07) is 9.32. The molecule has 4 nitrogen and oxygen atoms in total. The number of ether oxygens (including phenoxy) is 1. The van der Waals surface area contributed by atoms with Crippen LogP contribution in [-0.4, -0.2) is 23.4 Å². The molecule has 1 aromatic carbocycles. The first-order valence-corrected chi connectivity index (χ1v) is 8.62. The number of rotatable bonds is 9. The number of carbonyl (C=O) groups is 2. The molecule has 1 N–H and O–H groups in total. The highest BCUT2D eigenvalue weighted by Crippen LogP contribution is 2.14. The maximum absolute atomic E-state index is 12.1. The van der Waals surface area contributed by atoms with Crippen molar-refractivity contribution in [2.24, 2.45) is 5.92 Å². The van der Waals surface area contributed by atoms with Crippen molar-refractivity contribution in [3.63, 3.8) is 0 Å². The number of nitrogens with one attached hydrogen (secondary N) is 1. The molecule has 1 aromatic rings. The minimum absolute atomic E-state index is 0.182. The first-order valence-electron chi connectivity index (χ1n) is 8.17. The van der Waals surface area contributed by atoms with E-state index in [0.717, 1.165) is 18.4 Å². The summed E-state index contributed by atoms with van der Waals surface area (Å²) < 4.78 is 5.54. The largest absolute Gasteiger partial charge is 0.446 e. The SMILES string of the molecule is CCCC[C@H](NC(=O)O[C@H](Cc1ccccc1)C(C)C)C(=O)S. The van der Waals surface area contributed by atoms with Crippen LogP contribution in [0.1, 0.15) is 45.6 Å². The molecule has 0 heterocycles. The maximum Gasteiger partial charge on any atom is 0.408 e. The van der Waals surface area contributed by atoms with Crippen molar-refractivity contribution in [2.45, 2.75) is 58.6 Å². The minimum atomic E-state index is -0.588. The highest BCUT2D eigenvalue weighted by atomic mass is 32.1. The quantitative estimate of drug-likeness (QED) is 0.670. The molecule has 1 rings (SSSR count). The third-order valence-electron chi connectivity index (χ3n) is 3.72. The maximum atomic E-state index is 12.1. The van der Waals surface area contributed by atoms with Crippen molar-refractivity contribution in [3.8, 4) is 0 Å². The fourth-order valence-electron chi connectivity index (χ4n) is 2.24. The van der Waals surface area contributed by atoms with Crippen LogP contribution in [0.3, 0.4) is 0 Å². The van der Waals surface area contributed by atoms with E-state index in [-0.39, 0.29) is 17.1 Å². The molecule has 2 atom stereocenters. The summed E-state index contributed by atoms with van der Waals surface area (Å²) in [6.07, 6.45) is 2.26. The van der Waals surface area contributed by atoms with Crippen LogP contribution in [0, 0.1) is 5.92 Å². The molecule has 0 spiro atoms. The predicted octanol–water partition coefficient (Wildman–Crippen LogP) is 4.00. The number of benzene rings is 1. The van der Waals surface area contributed by atoms with Gasteiger partial charge in [0.2, 0.25) is 5.12 Å². The summed E-state index contributed by atoms with van der Waals surface area (Å²) in [4.78, 5) is 23.6. The highest BCUT2D eigenvalue weighted by molar-refractivity contribution is 7.96. The third kappa shape index (κ3) is 7.55. The van der Waals surface area contributed by atoms with Crippen LogP contribution in [0.5, 0.6) is 0 Å². The van der Waals surface area contributed by atoms with Crippen LogP contribution in [0.2, 0.25) is 0 Å². The first-order chi connectivity index (χ1) is 10.9. The van der Waals surface area contributed by atoms with Crippen LogP contribution >= 0.6 is 12.6 Å². The zero-order valence-electron chi connectivity index (χ0n) is 14.1. The second-order valence-corrected chi connectivity index (χ2v) is 6.50.